The third-order valence-electron chi connectivity index (χ3n) is 3.26. The monoisotopic (exact) mass is 313 g/mol. The first-order valence-corrected chi connectivity index (χ1v) is 8.49. The van der Waals surface area contributed by atoms with Crippen molar-refractivity contribution in [2.24, 2.45) is 0 Å². The Morgan fingerprint density at radius 2 is 1.90 bits per heavy atom. The molecule has 0 saturated carbocycles. The molecule has 2 atom stereocenters. The average molecular weight is 313 g/mol. The van der Waals surface area contributed by atoms with E-state index in [1.165, 1.54) is 0 Å². The molecule has 1 N–H and O–H groups in total. The van der Waals surface area contributed by atoms with Gasteiger partial charge in [-0.25, -0.2) is 0 Å². The van der Waals surface area contributed by atoms with Crippen LogP contribution >= 0.6 is 0 Å². The fourth-order valence-electron chi connectivity index (χ4n) is 2.02. The van der Waals surface area contributed by atoms with Crippen molar-refractivity contribution in [3.8, 4) is 11.5 Å². The zero-order valence-electron chi connectivity index (χ0n) is 13.9. The normalized spacial score (nSPS) is 14.6. The Morgan fingerprint density at radius 1 is 1.24 bits per heavy atom. The molecule has 0 bridgehead atoms. The summed E-state index contributed by atoms with van der Waals surface area (Å²) in [5.74, 6) is 2.10. The molecule has 0 heterocycles. The Balaban J connectivity index is 3.12. The number of rotatable bonds is 7. The van der Waals surface area contributed by atoms with Gasteiger partial charge in [-0.3, -0.25) is 4.21 Å². The first-order chi connectivity index (χ1) is 9.83. The van der Waals surface area contributed by atoms with Crippen LogP contribution in [0.1, 0.15) is 39.3 Å². The van der Waals surface area contributed by atoms with Crippen molar-refractivity contribution in [3.05, 3.63) is 23.8 Å². The van der Waals surface area contributed by atoms with Gasteiger partial charge in [0.15, 0.2) is 0 Å². The minimum Gasteiger partial charge on any atom is -0.497 e. The lowest BCUT2D eigenvalue weighted by atomic mass is 10.1. The second-order valence-corrected chi connectivity index (χ2v) is 8.09. The number of ether oxygens (including phenoxy) is 2. The van der Waals surface area contributed by atoms with Gasteiger partial charge in [0.2, 0.25) is 0 Å². The topological polar surface area (TPSA) is 47.6 Å². The smallest absolute Gasteiger partial charge is 0.123 e. The van der Waals surface area contributed by atoms with Crippen LogP contribution in [0, 0.1) is 0 Å². The standard InChI is InChI=1S/C16H27NO3S/c1-7-17-14(11-21(18)16(2,3)4)13-10-12(19-5)8-9-15(13)20-6/h8-10,14,17H,7,11H2,1-6H3. The third kappa shape index (κ3) is 5.00. The van der Waals surface area contributed by atoms with E-state index in [0.717, 1.165) is 23.6 Å². The zero-order valence-corrected chi connectivity index (χ0v) is 14.7. The highest BCUT2D eigenvalue weighted by molar-refractivity contribution is 7.86. The highest BCUT2D eigenvalue weighted by Gasteiger charge is 2.25. The van der Waals surface area contributed by atoms with Crippen LogP contribution in [0.2, 0.25) is 0 Å². The summed E-state index contributed by atoms with van der Waals surface area (Å²) < 4.78 is 23.0. The number of nitrogens with one attached hydrogen (secondary N) is 1. The maximum atomic E-state index is 12.5. The lowest BCUT2D eigenvalue weighted by molar-refractivity contribution is 0.392. The van der Waals surface area contributed by atoms with Gasteiger partial charge < -0.3 is 14.8 Å². The first-order valence-electron chi connectivity index (χ1n) is 7.17. The van der Waals surface area contributed by atoms with Crippen LogP contribution in [-0.4, -0.2) is 35.5 Å². The molecule has 1 rings (SSSR count). The van der Waals surface area contributed by atoms with E-state index in [9.17, 15) is 4.21 Å². The fraction of sp³-hybridized carbons (Fsp3) is 0.625. The SMILES string of the molecule is CCNC(CS(=O)C(C)(C)C)c1cc(OC)ccc1OC. The minimum absolute atomic E-state index is 0.0277. The summed E-state index contributed by atoms with van der Waals surface area (Å²) in [6, 6.07) is 5.68. The van der Waals surface area contributed by atoms with Crippen LogP contribution in [0.3, 0.4) is 0 Å². The lowest BCUT2D eigenvalue weighted by Crippen LogP contribution is -2.32. The molecule has 0 aliphatic heterocycles. The summed E-state index contributed by atoms with van der Waals surface area (Å²) in [5.41, 5.74) is 0.983. The van der Waals surface area contributed by atoms with Gasteiger partial charge in [-0.1, -0.05) is 6.92 Å². The van der Waals surface area contributed by atoms with Gasteiger partial charge in [0.25, 0.3) is 0 Å². The fourth-order valence-corrected chi connectivity index (χ4v) is 3.12. The molecule has 4 nitrogen and oxygen atoms in total. The van der Waals surface area contributed by atoms with Gasteiger partial charge in [-0.2, -0.15) is 0 Å². The molecule has 0 aromatic heterocycles. The van der Waals surface area contributed by atoms with E-state index in [0.29, 0.717) is 5.75 Å². The Kier molecular flexibility index (Phi) is 6.68. The van der Waals surface area contributed by atoms with Gasteiger partial charge in [0.05, 0.1) is 14.2 Å². The minimum atomic E-state index is -0.947. The van der Waals surface area contributed by atoms with E-state index in [-0.39, 0.29) is 10.8 Å². The summed E-state index contributed by atoms with van der Waals surface area (Å²) in [5, 5.41) is 3.40. The van der Waals surface area contributed by atoms with Crippen molar-refractivity contribution in [3.63, 3.8) is 0 Å². The summed E-state index contributed by atoms with van der Waals surface area (Å²) >= 11 is 0. The molecule has 0 aliphatic rings. The van der Waals surface area contributed by atoms with Gasteiger partial charge in [0.1, 0.15) is 11.5 Å². The number of hydrogen-bond donors (Lipinski definition) is 1. The second kappa shape index (κ2) is 7.80. The summed E-state index contributed by atoms with van der Waals surface area (Å²) in [6.45, 7) is 8.82. The zero-order chi connectivity index (χ0) is 16.0. The van der Waals surface area contributed by atoms with Crippen LogP contribution in [0.25, 0.3) is 0 Å². The van der Waals surface area contributed by atoms with E-state index >= 15 is 0 Å². The van der Waals surface area contributed by atoms with Crippen LogP contribution < -0.4 is 14.8 Å². The Hall–Kier alpha value is -1.07. The predicted molar refractivity (Wildman–Crippen MR) is 88.7 cm³/mol. The highest BCUT2D eigenvalue weighted by Crippen LogP contribution is 2.31. The largest absolute Gasteiger partial charge is 0.497 e. The average Bonchev–Trinajstić information content (AvgIpc) is 2.45. The van der Waals surface area contributed by atoms with Crippen LogP contribution in [0.5, 0.6) is 11.5 Å². The molecule has 2 unspecified atom stereocenters. The Labute approximate surface area is 130 Å². The molecule has 0 saturated heterocycles. The molecular weight excluding hydrogens is 286 g/mol. The summed E-state index contributed by atoms with van der Waals surface area (Å²) in [7, 11) is 2.34. The van der Waals surface area contributed by atoms with Crippen molar-refractivity contribution in [2.45, 2.75) is 38.5 Å². The molecule has 0 aliphatic carbocycles. The van der Waals surface area contributed by atoms with Crippen molar-refractivity contribution in [1.29, 1.82) is 0 Å². The van der Waals surface area contributed by atoms with E-state index in [1.54, 1.807) is 14.2 Å². The molecule has 0 radical (unpaired) electrons. The maximum Gasteiger partial charge on any atom is 0.123 e. The third-order valence-corrected chi connectivity index (χ3v) is 5.27. The van der Waals surface area contributed by atoms with E-state index in [4.69, 9.17) is 9.47 Å². The maximum absolute atomic E-state index is 12.5. The van der Waals surface area contributed by atoms with Gasteiger partial charge in [-0.15, -0.1) is 0 Å². The first kappa shape index (κ1) is 18.0. The van der Waals surface area contributed by atoms with Gasteiger partial charge >= 0.3 is 0 Å². The van der Waals surface area contributed by atoms with Crippen molar-refractivity contribution in [1.82, 2.24) is 5.32 Å². The predicted octanol–water partition coefficient (Wildman–Crippen LogP) is 2.90. The molecule has 0 spiro atoms. The highest BCUT2D eigenvalue weighted by atomic mass is 32.2. The van der Waals surface area contributed by atoms with Gasteiger partial charge in [-0.05, 0) is 45.5 Å². The van der Waals surface area contributed by atoms with E-state index < -0.39 is 10.8 Å². The molecule has 0 amide bonds. The second-order valence-electron chi connectivity index (χ2n) is 5.84. The molecule has 1 aromatic carbocycles. The van der Waals surface area contributed by atoms with Gasteiger partial charge in [0, 0.05) is 32.9 Å². The number of methoxy groups -OCH3 is 2. The molecule has 0 fully saturated rings. The molecule has 1 aromatic rings. The molecule has 21 heavy (non-hydrogen) atoms. The Morgan fingerprint density at radius 3 is 2.38 bits per heavy atom. The van der Waals surface area contributed by atoms with E-state index in [1.807, 2.05) is 45.9 Å². The Bertz CT molecular complexity index is 483. The number of benzene rings is 1. The van der Waals surface area contributed by atoms with E-state index in [2.05, 4.69) is 5.32 Å². The summed E-state index contributed by atoms with van der Waals surface area (Å²) in [4.78, 5) is 0. The molecular formula is C16H27NO3S. The molecule has 120 valence electrons. The van der Waals surface area contributed by atoms with Crippen LogP contribution in [-0.2, 0) is 10.8 Å². The number of hydrogen-bond acceptors (Lipinski definition) is 4. The quantitative estimate of drug-likeness (QED) is 0.841. The lowest BCUT2D eigenvalue weighted by Gasteiger charge is -2.25. The van der Waals surface area contributed by atoms with Crippen molar-refractivity contribution >= 4 is 10.8 Å². The molecule has 5 heteroatoms. The summed E-state index contributed by atoms with van der Waals surface area (Å²) in [6.07, 6.45) is 0. The van der Waals surface area contributed by atoms with Crippen molar-refractivity contribution in [2.75, 3.05) is 26.5 Å². The van der Waals surface area contributed by atoms with Crippen molar-refractivity contribution < 1.29 is 13.7 Å². The van der Waals surface area contributed by atoms with Crippen LogP contribution in [0.15, 0.2) is 18.2 Å². The van der Waals surface area contributed by atoms with Crippen LogP contribution in [0.4, 0.5) is 0 Å².